The summed E-state index contributed by atoms with van der Waals surface area (Å²) in [5.41, 5.74) is 0.742. The fraction of sp³-hybridized carbons (Fsp3) is 0.238. The molecule has 1 atom stereocenters. The minimum Gasteiger partial charge on any atom is -0.503 e. The molecule has 0 radical (unpaired) electrons. The lowest BCUT2D eigenvalue weighted by Crippen LogP contribution is -2.31. The van der Waals surface area contributed by atoms with Gasteiger partial charge in [-0.05, 0) is 36.8 Å². The molecule has 0 aromatic heterocycles. The molecule has 1 aliphatic heterocycles. The van der Waals surface area contributed by atoms with Crippen LogP contribution in [-0.2, 0) is 15.8 Å². The van der Waals surface area contributed by atoms with Crippen LogP contribution < -0.4 is 4.90 Å². The minimum atomic E-state index is -4.51. The maximum absolute atomic E-state index is 12.9. The molecule has 2 aromatic carbocycles. The lowest BCUT2D eigenvalue weighted by Gasteiger charge is -2.27. The lowest BCUT2D eigenvalue weighted by molar-refractivity contribution is -0.137. The number of nitrogens with zero attached hydrogens (tertiary/aromatic N) is 1. The Balaban J connectivity index is 2.13. The predicted octanol–water partition coefficient (Wildman–Crippen LogP) is 4.89. The van der Waals surface area contributed by atoms with Gasteiger partial charge in [0.15, 0.2) is 11.5 Å². The van der Waals surface area contributed by atoms with Crippen molar-refractivity contribution in [3.8, 4) is 0 Å². The molecule has 4 nitrogen and oxygen atoms in total. The van der Waals surface area contributed by atoms with E-state index in [0.717, 1.165) is 34.7 Å². The van der Waals surface area contributed by atoms with Gasteiger partial charge >= 0.3 is 6.18 Å². The molecule has 0 saturated heterocycles. The molecule has 0 saturated carbocycles. The molecule has 1 aliphatic rings. The summed E-state index contributed by atoms with van der Waals surface area (Å²) >= 11 is 0. The third kappa shape index (κ3) is 3.40. The van der Waals surface area contributed by atoms with Crippen molar-refractivity contribution < 1.29 is 27.9 Å². The number of benzene rings is 2. The molecule has 1 amide bonds. The van der Waals surface area contributed by atoms with E-state index in [9.17, 15) is 27.9 Å². The van der Waals surface area contributed by atoms with E-state index in [1.165, 1.54) is 0 Å². The van der Waals surface area contributed by atoms with Gasteiger partial charge in [0.05, 0.1) is 17.2 Å². The number of hydrogen-bond donors (Lipinski definition) is 1. The van der Waals surface area contributed by atoms with Crippen LogP contribution in [-0.4, -0.2) is 16.8 Å². The molecule has 146 valence electrons. The molecule has 0 bridgehead atoms. The number of rotatable bonds is 4. The first-order chi connectivity index (χ1) is 13.1. The van der Waals surface area contributed by atoms with Gasteiger partial charge in [0, 0.05) is 12.1 Å². The molecule has 1 unspecified atom stereocenters. The van der Waals surface area contributed by atoms with Crippen molar-refractivity contribution in [1.29, 1.82) is 0 Å². The van der Waals surface area contributed by atoms with E-state index in [0.29, 0.717) is 5.56 Å². The van der Waals surface area contributed by atoms with Crippen LogP contribution in [0.4, 0.5) is 18.9 Å². The van der Waals surface area contributed by atoms with Crippen LogP contribution >= 0.6 is 0 Å². The molecule has 0 spiro atoms. The van der Waals surface area contributed by atoms with Crippen LogP contribution in [0.2, 0.25) is 0 Å². The van der Waals surface area contributed by atoms with Crippen molar-refractivity contribution >= 4 is 17.4 Å². The Labute approximate surface area is 159 Å². The van der Waals surface area contributed by atoms with Gasteiger partial charge in [-0.25, -0.2) is 0 Å². The summed E-state index contributed by atoms with van der Waals surface area (Å²) in [7, 11) is 0. The number of halogens is 3. The van der Waals surface area contributed by atoms with E-state index in [2.05, 4.69) is 0 Å². The van der Waals surface area contributed by atoms with E-state index in [4.69, 9.17) is 0 Å². The van der Waals surface area contributed by atoms with Gasteiger partial charge in [0.25, 0.3) is 5.91 Å². The summed E-state index contributed by atoms with van der Waals surface area (Å²) in [6.07, 6.45) is -4.43. The first-order valence-corrected chi connectivity index (χ1v) is 8.68. The SMILES string of the molecule is CCC(=O)C1=C(O)C(=O)N(c2ccc(C(F)(F)F)cc2)C1c1cccc(C)c1. The molecule has 0 fully saturated rings. The molecular weight excluding hydrogens is 371 g/mol. The summed E-state index contributed by atoms with van der Waals surface area (Å²) < 4.78 is 38.6. The maximum atomic E-state index is 12.9. The number of carbonyl (C=O) groups is 2. The number of aliphatic hydroxyl groups excluding tert-OH is 1. The van der Waals surface area contributed by atoms with Gasteiger partial charge < -0.3 is 5.11 Å². The highest BCUT2D eigenvalue weighted by Crippen LogP contribution is 2.42. The Kier molecular flexibility index (Phi) is 5.02. The molecule has 2 aromatic rings. The Morgan fingerprint density at radius 3 is 2.32 bits per heavy atom. The van der Waals surface area contributed by atoms with Gasteiger partial charge in [-0.1, -0.05) is 36.8 Å². The third-order valence-corrected chi connectivity index (χ3v) is 4.66. The first-order valence-electron chi connectivity index (χ1n) is 8.68. The fourth-order valence-electron chi connectivity index (χ4n) is 3.31. The molecule has 0 aliphatic carbocycles. The number of aryl methyl sites for hydroxylation is 1. The minimum absolute atomic E-state index is 0.0435. The Bertz CT molecular complexity index is 962. The fourth-order valence-corrected chi connectivity index (χ4v) is 3.31. The average Bonchev–Trinajstić information content (AvgIpc) is 2.92. The number of aliphatic hydroxyl groups is 1. The second-order valence-electron chi connectivity index (χ2n) is 6.58. The third-order valence-electron chi connectivity index (χ3n) is 4.66. The van der Waals surface area contributed by atoms with Gasteiger partial charge in [-0.3, -0.25) is 14.5 Å². The number of ketones is 1. The van der Waals surface area contributed by atoms with Crippen molar-refractivity contribution in [3.63, 3.8) is 0 Å². The zero-order valence-electron chi connectivity index (χ0n) is 15.2. The van der Waals surface area contributed by atoms with Crippen LogP contribution in [0, 0.1) is 6.92 Å². The van der Waals surface area contributed by atoms with E-state index in [1.54, 1.807) is 25.1 Å². The quantitative estimate of drug-likeness (QED) is 0.810. The number of alkyl halides is 3. The summed E-state index contributed by atoms with van der Waals surface area (Å²) in [5.74, 6) is -1.88. The average molecular weight is 389 g/mol. The number of amides is 1. The van der Waals surface area contributed by atoms with E-state index >= 15 is 0 Å². The number of carbonyl (C=O) groups excluding carboxylic acids is 2. The molecule has 28 heavy (non-hydrogen) atoms. The molecule has 7 heteroatoms. The first kappa shape index (κ1) is 19.7. The standard InChI is InChI=1S/C21H18F3NO3/c1-3-16(26)17-18(13-6-4-5-12(2)11-13)25(20(28)19(17)27)15-9-7-14(8-10-15)21(22,23)24/h4-11,18,27H,3H2,1-2H3. The van der Waals surface area contributed by atoms with Crippen LogP contribution in [0.1, 0.15) is 36.1 Å². The second-order valence-corrected chi connectivity index (χ2v) is 6.58. The largest absolute Gasteiger partial charge is 0.503 e. The highest BCUT2D eigenvalue weighted by molar-refractivity contribution is 6.16. The Hall–Kier alpha value is -3.09. The number of anilines is 1. The Morgan fingerprint density at radius 1 is 1.14 bits per heavy atom. The summed E-state index contributed by atoms with van der Waals surface area (Å²) in [5, 5.41) is 10.4. The van der Waals surface area contributed by atoms with Crippen molar-refractivity contribution in [1.82, 2.24) is 0 Å². The summed E-state index contributed by atoms with van der Waals surface area (Å²) in [6, 6.07) is 10.2. The van der Waals surface area contributed by atoms with Crippen LogP contribution in [0.25, 0.3) is 0 Å². The smallest absolute Gasteiger partial charge is 0.416 e. The van der Waals surface area contributed by atoms with Gasteiger partial charge in [0.1, 0.15) is 0 Å². The lowest BCUT2D eigenvalue weighted by atomic mass is 9.94. The van der Waals surface area contributed by atoms with E-state index < -0.39 is 35.2 Å². The predicted molar refractivity (Wildman–Crippen MR) is 97.8 cm³/mol. The Morgan fingerprint density at radius 2 is 1.79 bits per heavy atom. The number of hydrogen-bond acceptors (Lipinski definition) is 3. The van der Waals surface area contributed by atoms with Crippen molar-refractivity contribution in [2.45, 2.75) is 32.5 Å². The monoisotopic (exact) mass is 389 g/mol. The molecule has 1 N–H and O–H groups in total. The van der Waals surface area contributed by atoms with Crippen molar-refractivity contribution in [2.75, 3.05) is 4.90 Å². The van der Waals surface area contributed by atoms with Crippen molar-refractivity contribution in [3.05, 3.63) is 76.6 Å². The zero-order valence-corrected chi connectivity index (χ0v) is 15.2. The van der Waals surface area contributed by atoms with Gasteiger partial charge in [-0.2, -0.15) is 13.2 Å². The second kappa shape index (κ2) is 7.14. The number of Topliss-reactive ketones (excluding diaryl/α,β-unsaturated/α-hetero) is 1. The van der Waals surface area contributed by atoms with E-state index in [1.807, 2.05) is 13.0 Å². The topological polar surface area (TPSA) is 57.6 Å². The highest BCUT2D eigenvalue weighted by Gasteiger charge is 2.44. The van der Waals surface area contributed by atoms with E-state index in [-0.39, 0.29) is 17.7 Å². The summed E-state index contributed by atoms with van der Waals surface area (Å²) in [6.45, 7) is 3.45. The van der Waals surface area contributed by atoms with Gasteiger partial charge in [0.2, 0.25) is 0 Å². The highest BCUT2D eigenvalue weighted by atomic mass is 19.4. The van der Waals surface area contributed by atoms with Crippen LogP contribution in [0.5, 0.6) is 0 Å². The van der Waals surface area contributed by atoms with Crippen molar-refractivity contribution in [2.24, 2.45) is 0 Å². The molecular formula is C21H18F3NO3. The molecule has 1 heterocycles. The molecule has 3 rings (SSSR count). The van der Waals surface area contributed by atoms with Crippen LogP contribution in [0.15, 0.2) is 59.9 Å². The summed E-state index contributed by atoms with van der Waals surface area (Å²) in [4.78, 5) is 26.3. The van der Waals surface area contributed by atoms with Crippen LogP contribution in [0.3, 0.4) is 0 Å². The van der Waals surface area contributed by atoms with Gasteiger partial charge in [-0.15, -0.1) is 0 Å². The normalized spacial score (nSPS) is 17.4. The maximum Gasteiger partial charge on any atom is 0.416 e. The zero-order chi connectivity index (χ0) is 20.6.